The van der Waals surface area contributed by atoms with Gasteiger partial charge in [0.25, 0.3) is 5.91 Å². The lowest BCUT2D eigenvalue weighted by Crippen LogP contribution is -2.27. The molecule has 0 saturated carbocycles. The molecule has 1 rings (SSSR count). The molecular formula is C14H24N2O2. The molecule has 0 spiro atoms. The Kier molecular flexibility index (Phi) is 15.9. The molecule has 0 aromatic carbocycles. The number of hydrogen-bond acceptors (Lipinski definition) is 3. The molecule has 4 nitrogen and oxygen atoms in total. The topological polar surface area (TPSA) is 61.7 Å². The Morgan fingerprint density at radius 2 is 1.89 bits per heavy atom. The molecule has 0 saturated heterocycles. The van der Waals surface area contributed by atoms with Crippen LogP contribution in [-0.2, 0) is 4.79 Å². The van der Waals surface area contributed by atoms with E-state index in [4.69, 9.17) is 5.21 Å². The summed E-state index contributed by atoms with van der Waals surface area (Å²) in [6.45, 7) is 8.62. The number of aliphatic imine (C=N–C) groups is 1. The molecule has 1 aliphatic rings. The van der Waals surface area contributed by atoms with E-state index in [1.807, 2.05) is 58.1 Å². The Morgan fingerprint density at radius 3 is 2.22 bits per heavy atom. The molecule has 0 fully saturated rings. The lowest BCUT2D eigenvalue weighted by Gasteiger charge is -2.02. The Bertz CT molecular complexity index is 306. The molecule has 0 aromatic heterocycles. The zero-order valence-electron chi connectivity index (χ0n) is 11.7. The van der Waals surface area contributed by atoms with E-state index in [1.54, 1.807) is 6.08 Å². The maximum atomic E-state index is 10.6. The molecule has 0 radical (unpaired) electrons. The SMILES string of the molecule is C/C=C\C=C/C.CC.O=C(NO)C1=NCCC=C1. The third kappa shape index (κ3) is 10.8. The molecule has 1 heterocycles. The van der Waals surface area contributed by atoms with Gasteiger partial charge in [0.2, 0.25) is 0 Å². The second kappa shape index (κ2) is 15.3. The van der Waals surface area contributed by atoms with Gasteiger partial charge in [-0.15, -0.1) is 0 Å². The molecule has 0 unspecified atom stereocenters. The average Bonchev–Trinajstić information content (AvgIpc) is 2.48. The van der Waals surface area contributed by atoms with Gasteiger partial charge in [-0.1, -0.05) is 44.2 Å². The molecule has 2 N–H and O–H groups in total. The van der Waals surface area contributed by atoms with Gasteiger partial charge >= 0.3 is 0 Å². The van der Waals surface area contributed by atoms with Crippen LogP contribution in [-0.4, -0.2) is 23.4 Å². The van der Waals surface area contributed by atoms with Gasteiger partial charge < -0.3 is 0 Å². The summed E-state index contributed by atoms with van der Waals surface area (Å²) >= 11 is 0. The Hall–Kier alpha value is -1.68. The predicted octanol–water partition coefficient (Wildman–Crippen LogP) is 3.06. The van der Waals surface area contributed by atoms with Gasteiger partial charge in [-0.2, -0.15) is 0 Å². The highest BCUT2D eigenvalue weighted by Crippen LogP contribution is 1.95. The highest BCUT2D eigenvalue weighted by molar-refractivity contribution is 6.43. The lowest BCUT2D eigenvalue weighted by atomic mass is 10.2. The first-order valence-electron chi connectivity index (χ1n) is 6.15. The number of hydrogen-bond donors (Lipinski definition) is 2. The van der Waals surface area contributed by atoms with Crippen LogP contribution in [0, 0.1) is 0 Å². The number of hydroxylamine groups is 1. The van der Waals surface area contributed by atoms with Crippen molar-refractivity contribution in [1.82, 2.24) is 5.48 Å². The first-order chi connectivity index (χ1) is 8.76. The van der Waals surface area contributed by atoms with Gasteiger partial charge in [0, 0.05) is 6.54 Å². The van der Waals surface area contributed by atoms with Crippen LogP contribution < -0.4 is 5.48 Å². The van der Waals surface area contributed by atoms with E-state index in [1.165, 1.54) is 5.48 Å². The van der Waals surface area contributed by atoms with Crippen molar-refractivity contribution in [3.8, 4) is 0 Å². The third-order valence-corrected chi connectivity index (χ3v) is 1.68. The van der Waals surface area contributed by atoms with Crippen LogP contribution >= 0.6 is 0 Å². The van der Waals surface area contributed by atoms with E-state index in [0.29, 0.717) is 6.54 Å². The Morgan fingerprint density at radius 1 is 1.33 bits per heavy atom. The van der Waals surface area contributed by atoms with Gasteiger partial charge in [0.1, 0.15) is 5.71 Å². The molecule has 0 atom stereocenters. The van der Waals surface area contributed by atoms with Crippen molar-refractivity contribution in [2.24, 2.45) is 4.99 Å². The number of nitrogens with zero attached hydrogens (tertiary/aromatic N) is 1. The highest BCUT2D eigenvalue weighted by Gasteiger charge is 2.07. The van der Waals surface area contributed by atoms with E-state index < -0.39 is 5.91 Å². The Labute approximate surface area is 110 Å². The van der Waals surface area contributed by atoms with Crippen LogP contribution in [0.3, 0.4) is 0 Å². The van der Waals surface area contributed by atoms with E-state index in [-0.39, 0.29) is 5.71 Å². The summed E-state index contributed by atoms with van der Waals surface area (Å²) in [5.41, 5.74) is 1.80. The summed E-state index contributed by atoms with van der Waals surface area (Å²) in [6.07, 6.45) is 12.3. The number of allylic oxidation sites excluding steroid dienone is 4. The number of dihydropyridines is 1. The fourth-order valence-corrected chi connectivity index (χ4v) is 0.934. The molecule has 0 aromatic rings. The monoisotopic (exact) mass is 252 g/mol. The van der Waals surface area contributed by atoms with E-state index in [0.717, 1.165) is 6.42 Å². The molecular weight excluding hydrogens is 228 g/mol. The highest BCUT2D eigenvalue weighted by atomic mass is 16.5. The summed E-state index contributed by atoms with van der Waals surface area (Å²) in [5.74, 6) is -0.545. The summed E-state index contributed by atoms with van der Waals surface area (Å²) < 4.78 is 0. The summed E-state index contributed by atoms with van der Waals surface area (Å²) in [4.78, 5) is 14.5. The van der Waals surface area contributed by atoms with Gasteiger partial charge in [0.05, 0.1) is 0 Å². The van der Waals surface area contributed by atoms with Crippen molar-refractivity contribution < 1.29 is 10.0 Å². The second-order valence-corrected chi connectivity index (χ2v) is 2.95. The van der Waals surface area contributed by atoms with Crippen molar-refractivity contribution in [1.29, 1.82) is 0 Å². The van der Waals surface area contributed by atoms with Gasteiger partial charge in [0.15, 0.2) is 0 Å². The first-order valence-corrected chi connectivity index (χ1v) is 6.15. The van der Waals surface area contributed by atoms with Crippen LogP contribution in [0.5, 0.6) is 0 Å². The smallest absolute Gasteiger partial charge is 0.288 e. The molecule has 4 heteroatoms. The zero-order chi connectivity index (χ0) is 14.2. The number of carbonyl (C=O) groups excluding carboxylic acids is 1. The van der Waals surface area contributed by atoms with E-state index >= 15 is 0 Å². The van der Waals surface area contributed by atoms with Gasteiger partial charge in [-0.05, 0) is 26.3 Å². The van der Waals surface area contributed by atoms with Crippen LogP contribution in [0.4, 0.5) is 0 Å². The van der Waals surface area contributed by atoms with Crippen LogP contribution in [0.2, 0.25) is 0 Å². The average molecular weight is 252 g/mol. The Balaban J connectivity index is 0. The number of rotatable bonds is 2. The zero-order valence-corrected chi connectivity index (χ0v) is 11.7. The van der Waals surface area contributed by atoms with Crippen LogP contribution in [0.1, 0.15) is 34.1 Å². The quantitative estimate of drug-likeness (QED) is 0.451. The predicted molar refractivity (Wildman–Crippen MR) is 77.0 cm³/mol. The molecule has 1 aliphatic heterocycles. The van der Waals surface area contributed by atoms with Crippen molar-refractivity contribution in [2.45, 2.75) is 34.1 Å². The van der Waals surface area contributed by atoms with Crippen molar-refractivity contribution in [3.05, 3.63) is 36.5 Å². The van der Waals surface area contributed by atoms with E-state index in [2.05, 4.69) is 4.99 Å². The fourth-order valence-electron chi connectivity index (χ4n) is 0.934. The largest absolute Gasteiger partial charge is 0.292 e. The first kappa shape index (κ1) is 18.7. The minimum atomic E-state index is -0.545. The second-order valence-electron chi connectivity index (χ2n) is 2.95. The minimum absolute atomic E-state index is 0.286. The molecule has 18 heavy (non-hydrogen) atoms. The summed E-state index contributed by atoms with van der Waals surface area (Å²) in [5, 5.41) is 8.17. The summed E-state index contributed by atoms with van der Waals surface area (Å²) in [7, 11) is 0. The normalized spacial score (nSPS) is 13.3. The number of nitrogens with one attached hydrogen (secondary N) is 1. The van der Waals surface area contributed by atoms with Gasteiger partial charge in [-0.3, -0.25) is 15.0 Å². The number of carbonyl (C=O) groups is 1. The van der Waals surface area contributed by atoms with Crippen molar-refractivity contribution in [2.75, 3.05) is 6.54 Å². The molecule has 1 amide bonds. The van der Waals surface area contributed by atoms with Crippen molar-refractivity contribution >= 4 is 11.6 Å². The summed E-state index contributed by atoms with van der Waals surface area (Å²) in [6, 6.07) is 0. The fraction of sp³-hybridized carbons (Fsp3) is 0.429. The molecule has 0 aliphatic carbocycles. The minimum Gasteiger partial charge on any atom is -0.288 e. The van der Waals surface area contributed by atoms with E-state index in [9.17, 15) is 4.79 Å². The molecule has 102 valence electrons. The van der Waals surface area contributed by atoms with Crippen LogP contribution in [0.25, 0.3) is 0 Å². The number of amides is 1. The van der Waals surface area contributed by atoms with Crippen molar-refractivity contribution in [3.63, 3.8) is 0 Å². The third-order valence-electron chi connectivity index (χ3n) is 1.68. The maximum Gasteiger partial charge on any atom is 0.292 e. The van der Waals surface area contributed by atoms with Crippen LogP contribution in [0.15, 0.2) is 41.4 Å². The standard InChI is InChI=1S/C6H8N2O2.C6H10.C2H6/c9-6(8-10)5-3-1-2-4-7-5;1-3-5-6-4-2;1-2/h1,3,10H,2,4H2,(H,8,9);3-6H,1-2H3;1-2H3/b;5-3-,6-4-;. The lowest BCUT2D eigenvalue weighted by molar-refractivity contribution is -0.122. The maximum absolute atomic E-state index is 10.6. The molecule has 0 bridgehead atoms. The van der Waals surface area contributed by atoms with Gasteiger partial charge in [-0.25, -0.2) is 5.48 Å².